The van der Waals surface area contributed by atoms with Crippen LogP contribution in [0.2, 0.25) is 0 Å². The van der Waals surface area contributed by atoms with Gasteiger partial charge in [0.25, 0.3) is 10.0 Å². The molecule has 1 aromatic rings. The monoisotopic (exact) mass is 302 g/mol. The molecule has 0 aliphatic heterocycles. The van der Waals surface area contributed by atoms with Gasteiger partial charge in [-0.15, -0.1) is 0 Å². The van der Waals surface area contributed by atoms with E-state index in [1.807, 2.05) is 34.6 Å². The van der Waals surface area contributed by atoms with Crippen LogP contribution in [-0.2, 0) is 16.6 Å². The van der Waals surface area contributed by atoms with Gasteiger partial charge in [0.2, 0.25) is 5.09 Å². The normalized spacial score (nSPS) is 13.4. The predicted molar refractivity (Wildman–Crippen MR) is 80.0 cm³/mol. The Balaban J connectivity index is 2.94. The molecule has 0 aromatic carbocycles. The molecule has 1 aromatic heterocycles. The van der Waals surface area contributed by atoms with E-state index < -0.39 is 15.6 Å². The van der Waals surface area contributed by atoms with Crippen molar-refractivity contribution in [1.82, 2.24) is 9.62 Å². The number of rotatable bonds is 7. The van der Waals surface area contributed by atoms with Crippen molar-refractivity contribution in [3.63, 3.8) is 0 Å². The molecule has 0 bridgehead atoms. The molecular weight excluding hydrogens is 276 g/mol. The lowest BCUT2D eigenvalue weighted by Gasteiger charge is -2.32. The van der Waals surface area contributed by atoms with Gasteiger partial charge in [0.1, 0.15) is 5.76 Å². The van der Waals surface area contributed by atoms with Gasteiger partial charge < -0.3 is 9.73 Å². The van der Waals surface area contributed by atoms with E-state index in [0.717, 1.165) is 6.42 Å². The summed E-state index contributed by atoms with van der Waals surface area (Å²) in [6.45, 7) is 10.3. The SMILES string of the molecule is CCC(C)(C)N(C)S(=O)(=O)c1ccc(CNC(C)C)o1. The van der Waals surface area contributed by atoms with Crippen molar-refractivity contribution in [2.75, 3.05) is 7.05 Å². The lowest BCUT2D eigenvalue weighted by atomic mass is 10.0. The first-order valence-electron chi connectivity index (χ1n) is 6.92. The highest BCUT2D eigenvalue weighted by molar-refractivity contribution is 7.89. The fraction of sp³-hybridized carbons (Fsp3) is 0.714. The first kappa shape index (κ1) is 17.2. The Morgan fingerprint density at radius 2 is 1.95 bits per heavy atom. The number of nitrogens with one attached hydrogen (secondary N) is 1. The van der Waals surface area contributed by atoms with Crippen molar-refractivity contribution in [2.24, 2.45) is 0 Å². The summed E-state index contributed by atoms with van der Waals surface area (Å²) < 4.78 is 31.8. The zero-order valence-corrected chi connectivity index (χ0v) is 14.0. The van der Waals surface area contributed by atoms with Gasteiger partial charge in [-0.05, 0) is 32.4 Å². The third-order valence-corrected chi connectivity index (χ3v) is 5.60. The minimum atomic E-state index is -3.59. The molecule has 0 atom stereocenters. The van der Waals surface area contributed by atoms with E-state index in [2.05, 4.69) is 5.32 Å². The summed E-state index contributed by atoms with van der Waals surface area (Å²) in [4.78, 5) is 0. The fourth-order valence-corrected chi connectivity index (χ4v) is 3.08. The second-order valence-corrected chi connectivity index (χ2v) is 7.80. The van der Waals surface area contributed by atoms with Crippen LogP contribution in [0.1, 0.15) is 46.8 Å². The molecule has 116 valence electrons. The number of hydrogen-bond acceptors (Lipinski definition) is 4. The predicted octanol–water partition coefficient (Wildman–Crippen LogP) is 2.59. The van der Waals surface area contributed by atoms with E-state index in [1.165, 1.54) is 10.4 Å². The highest BCUT2D eigenvalue weighted by atomic mass is 32.2. The number of hydrogen-bond donors (Lipinski definition) is 1. The summed E-state index contributed by atoms with van der Waals surface area (Å²) in [7, 11) is -2.00. The first-order valence-corrected chi connectivity index (χ1v) is 8.36. The Hall–Kier alpha value is -0.850. The minimum absolute atomic E-state index is 0.00193. The molecule has 1 N–H and O–H groups in total. The van der Waals surface area contributed by atoms with Crippen LogP contribution in [-0.4, -0.2) is 31.4 Å². The first-order chi connectivity index (χ1) is 9.11. The number of sulfonamides is 1. The van der Waals surface area contributed by atoms with Gasteiger partial charge in [-0.3, -0.25) is 0 Å². The Labute approximate surface area is 122 Å². The standard InChI is InChI=1S/C14H26N2O3S/c1-7-14(4,5)16(6)20(17,18)13-9-8-12(19-13)10-15-11(2)3/h8-9,11,15H,7,10H2,1-6H3. The topological polar surface area (TPSA) is 62.6 Å². The van der Waals surface area contributed by atoms with Gasteiger partial charge in [0.05, 0.1) is 6.54 Å². The van der Waals surface area contributed by atoms with Gasteiger partial charge in [-0.25, -0.2) is 8.42 Å². The van der Waals surface area contributed by atoms with Crippen molar-refractivity contribution < 1.29 is 12.8 Å². The van der Waals surface area contributed by atoms with E-state index in [-0.39, 0.29) is 5.09 Å². The van der Waals surface area contributed by atoms with Crippen LogP contribution in [0.4, 0.5) is 0 Å². The van der Waals surface area contributed by atoms with Crippen LogP contribution in [0.25, 0.3) is 0 Å². The average Bonchev–Trinajstić information content (AvgIpc) is 2.84. The maximum Gasteiger partial charge on any atom is 0.276 e. The maximum absolute atomic E-state index is 12.5. The minimum Gasteiger partial charge on any atom is -0.447 e. The molecule has 5 nitrogen and oxygen atoms in total. The largest absolute Gasteiger partial charge is 0.447 e. The van der Waals surface area contributed by atoms with Gasteiger partial charge in [-0.1, -0.05) is 20.8 Å². The molecular formula is C14H26N2O3S. The molecule has 0 fully saturated rings. The van der Waals surface area contributed by atoms with Crippen LogP contribution < -0.4 is 5.32 Å². The summed E-state index contributed by atoms with van der Waals surface area (Å²) in [5.74, 6) is 0.625. The Kier molecular flexibility index (Phi) is 5.40. The van der Waals surface area contributed by atoms with Gasteiger partial charge in [0, 0.05) is 18.6 Å². The lowest BCUT2D eigenvalue weighted by Crippen LogP contribution is -2.44. The molecule has 1 rings (SSSR count). The zero-order chi connectivity index (χ0) is 15.6. The van der Waals surface area contributed by atoms with Gasteiger partial charge in [0.15, 0.2) is 0 Å². The average molecular weight is 302 g/mol. The molecule has 0 aliphatic carbocycles. The third kappa shape index (κ3) is 3.84. The quantitative estimate of drug-likeness (QED) is 0.841. The second-order valence-electron chi connectivity index (χ2n) is 5.89. The second kappa shape index (κ2) is 6.28. The lowest BCUT2D eigenvalue weighted by molar-refractivity contribution is 0.249. The molecule has 0 aliphatic rings. The number of nitrogens with zero attached hydrogens (tertiary/aromatic N) is 1. The Bertz CT molecular complexity index is 532. The van der Waals surface area contributed by atoms with E-state index in [0.29, 0.717) is 18.3 Å². The van der Waals surface area contributed by atoms with Crippen LogP contribution in [0.15, 0.2) is 21.6 Å². The van der Waals surface area contributed by atoms with Crippen molar-refractivity contribution in [3.8, 4) is 0 Å². The molecule has 0 saturated heterocycles. The molecule has 0 saturated carbocycles. The molecule has 0 unspecified atom stereocenters. The summed E-state index contributed by atoms with van der Waals surface area (Å²) in [6.07, 6.45) is 0.727. The highest BCUT2D eigenvalue weighted by Gasteiger charge is 2.34. The van der Waals surface area contributed by atoms with E-state index in [4.69, 9.17) is 4.42 Å². The molecule has 0 spiro atoms. The van der Waals surface area contributed by atoms with Gasteiger partial charge in [-0.2, -0.15) is 4.31 Å². The van der Waals surface area contributed by atoms with Crippen LogP contribution in [0, 0.1) is 0 Å². The van der Waals surface area contributed by atoms with E-state index in [9.17, 15) is 8.42 Å². The van der Waals surface area contributed by atoms with Crippen molar-refractivity contribution >= 4 is 10.0 Å². The molecule has 0 amide bonds. The van der Waals surface area contributed by atoms with Crippen LogP contribution in [0.3, 0.4) is 0 Å². The van der Waals surface area contributed by atoms with Crippen LogP contribution >= 0.6 is 0 Å². The van der Waals surface area contributed by atoms with Gasteiger partial charge >= 0.3 is 0 Å². The van der Waals surface area contributed by atoms with E-state index in [1.54, 1.807) is 13.1 Å². The third-order valence-electron chi connectivity index (χ3n) is 3.65. The Morgan fingerprint density at radius 3 is 2.45 bits per heavy atom. The molecule has 20 heavy (non-hydrogen) atoms. The molecule has 1 heterocycles. The van der Waals surface area contributed by atoms with Crippen molar-refractivity contribution in [3.05, 3.63) is 17.9 Å². The summed E-state index contributed by atoms with van der Waals surface area (Å²) in [5, 5.41) is 3.20. The Morgan fingerprint density at radius 1 is 1.35 bits per heavy atom. The maximum atomic E-state index is 12.5. The van der Waals surface area contributed by atoms with Crippen molar-refractivity contribution in [2.45, 2.75) is 64.3 Å². The summed E-state index contributed by atoms with van der Waals surface area (Å²) in [5.41, 5.74) is -0.442. The summed E-state index contributed by atoms with van der Waals surface area (Å²) in [6, 6.07) is 3.55. The number of furan rings is 1. The van der Waals surface area contributed by atoms with E-state index >= 15 is 0 Å². The summed E-state index contributed by atoms with van der Waals surface area (Å²) >= 11 is 0. The smallest absolute Gasteiger partial charge is 0.276 e. The highest BCUT2D eigenvalue weighted by Crippen LogP contribution is 2.26. The fourth-order valence-electron chi connectivity index (χ4n) is 1.58. The molecule has 6 heteroatoms. The zero-order valence-electron chi connectivity index (χ0n) is 13.2. The van der Waals surface area contributed by atoms with Crippen molar-refractivity contribution in [1.29, 1.82) is 0 Å². The van der Waals surface area contributed by atoms with Crippen LogP contribution in [0.5, 0.6) is 0 Å². The molecule has 0 radical (unpaired) electrons.